The summed E-state index contributed by atoms with van der Waals surface area (Å²) in [6.07, 6.45) is 6.33. The second-order valence-corrected chi connectivity index (χ2v) is 2.58. The summed E-state index contributed by atoms with van der Waals surface area (Å²) in [5.74, 6) is -0.808. The maximum absolute atomic E-state index is 13.3. The van der Waals surface area contributed by atoms with Crippen molar-refractivity contribution in [1.82, 2.24) is 0 Å². The van der Waals surface area contributed by atoms with Crippen LogP contribution in [0.3, 0.4) is 0 Å². The Morgan fingerprint density at radius 3 is 3.08 bits per heavy atom. The number of halogens is 1. The molecule has 0 fully saturated rings. The fourth-order valence-corrected chi connectivity index (χ4v) is 1.26. The van der Waals surface area contributed by atoms with Crippen molar-refractivity contribution in [2.45, 2.75) is 0 Å². The van der Waals surface area contributed by atoms with Crippen molar-refractivity contribution in [3.63, 3.8) is 0 Å². The Morgan fingerprint density at radius 2 is 2.33 bits per heavy atom. The summed E-state index contributed by atoms with van der Waals surface area (Å²) in [7, 11) is 0. The third kappa shape index (κ3) is 0.817. The van der Waals surface area contributed by atoms with Crippen LogP contribution in [0.15, 0.2) is 40.8 Å². The maximum atomic E-state index is 13.3. The molecule has 2 rings (SSSR count). The zero-order valence-corrected chi connectivity index (χ0v) is 6.16. The van der Waals surface area contributed by atoms with Gasteiger partial charge in [0.25, 0.3) is 0 Å². The van der Waals surface area contributed by atoms with Crippen LogP contribution in [0.2, 0.25) is 0 Å². The Kier molecular flexibility index (Phi) is 1.41. The highest BCUT2D eigenvalue weighted by molar-refractivity contribution is 6.03. The smallest absolute Gasteiger partial charge is 0.131 e. The van der Waals surface area contributed by atoms with Gasteiger partial charge in [-0.3, -0.25) is 4.99 Å². The van der Waals surface area contributed by atoms with Crippen molar-refractivity contribution in [3.05, 3.63) is 35.8 Å². The molecule has 58 valence electrons. The van der Waals surface area contributed by atoms with Crippen LogP contribution in [0.1, 0.15) is 0 Å². The molecular weight excluding hydrogens is 155 g/mol. The first-order valence-corrected chi connectivity index (χ1v) is 3.55. The number of allylic oxidation sites excluding steroid dienone is 5. The van der Waals surface area contributed by atoms with E-state index in [0.717, 1.165) is 0 Å². The molecular formula is C9H5FN2. The molecule has 0 amide bonds. The van der Waals surface area contributed by atoms with Crippen molar-refractivity contribution in [3.8, 4) is 6.07 Å². The number of nitriles is 1. The van der Waals surface area contributed by atoms with E-state index < -0.39 is 11.7 Å². The number of aliphatic imine (C=N–C) groups is 1. The highest BCUT2D eigenvalue weighted by Gasteiger charge is 2.25. The van der Waals surface area contributed by atoms with Gasteiger partial charge >= 0.3 is 0 Å². The van der Waals surface area contributed by atoms with Crippen LogP contribution < -0.4 is 0 Å². The van der Waals surface area contributed by atoms with Crippen LogP contribution in [0, 0.1) is 17.2 Å². The van der Waals surface area contributed by atoms with Gasteiger partial charge in [0.2, 0.25) is 0 Å². The first-order valence-electron chi connectivity index (χ1n) is 3.55. The van der Waals surface area contributed by atoms with Gasteiger partial charge in [-0.2, -0.15) is 5.26 Å². The minimum atomic E-state index is -0.412. The van der Waals surface area contributed by atoms with Gasteiger partial charge in [0, 0.05) is 6.20 Å². The molecule has 0 radical (unpaired) electrons. The first kappa shape index (κ1) is 6.99. The lowest BCUT2D eigenvalue weighted by molar-refractivity contribution is 0.580. The topological polar surface area (TPSA) is 36.1 Å². The molecule has 3 heteroatoms. The molecule has 0 aromatic carbocycles. The Hall–Kier alpha value is -1.69. The number of nitrogens with zero attached hydrogens (tertiary/aromatic N) is 2. The molecule has 0 spiro atoms. The van der Waals surface area contributed by atoms with Gasteiger partial charge in [-0.15, -0.1) is 0 Å². The van der Waals surface area contributed by atoms with Crippen LogP contribution in [-0.4, -0.2) is 5.71 Å². The van der Waals surface area contributed by atoms with E-state index in [9.17, 15) is 4.39 Å². The van der Waals surface area contributed by atoms with Gasteiger partial charge in [0.15, 0.2) is 0 Å². The fraction of sp³-hybridized carbons (Fsp3) is 0.111. The van der Waals surface area contributed by atoms with Crippen molar-refractivity contribution < 1.29 is 4.39 Å². The van der Waals surface area contributed by atoms with E-state index in [1.54, 1.807) is 24.4 Å². The van der Waals surface area contributed by atoms with Gasteiger partial charge in [0.1, 0.15) is 11.9 Å². The highest BCUT2D eigenvalue weighted by atomic mass is 19.1. The summed E-state index contributed by atoms with van der Waals surface area (Å²) in [6, 6.07) is 1.80. The Morgan fingerprint density at radius 1 is 1.50 bits per heavy atom. The zero-order chi connectivity index (χ0) is 8.55. The minimum absolute atomic E-state index is 0.102. The largest absolute Gasteiger partial charge is 0.261 e. The Balaban J connectivity index is 2.49. The predicted molar refractivity (Wildman–Crippen MR) is 43.0 cm³/mol. The highest BCUT2D eigenvalue weighted by Crippen LogP contribution is 2.28. The summed E-state index contributed by atoms with van der Waals surface area (Å²) >= 11 is 0. The Labute approximate surface area is 69.0 Å². The summed E-state index contributed by atoms with van der Waals surface area (Å²) in [6.45, 7) is 0. The van der Waals surface area contributed by atoms with E-state index in [4.69, 9.17) is 5.26 Å². The third-order valence-electron chi connectivity index (χ3n) is 1.89. The van der Waals surface area contributed by atoms with Gasteiger partial charge in [-0.05, 0) is 12.2 Å². The standard InChI is InChI=1S/C9H5FN2/c10-9-6(5-11)1-2-8-7(9)3-4-12-8/h1-4,7H/t7-/m0/s1. The van der Waals surface area contributed by atoms with Crippen LogP contribution in [0.5, 0.6) is 0 Å². The summed E-state index contributed by atoms with van der Waals surface area (Å²) in [5.41, 5.74) is 0.775. The Bertz CT molecular complexity index is 380. The molecule has 12 heavy (non-hydrogen) atoms. The summed E-state index contributed by atoms with van der Waals surface area (Å²) in [4.78, 5) is 3.94. The molecule has 0 aromatic rings. The van der Waals surface area contributed by atoms with Gasteiger partial charge in [-0.1, -0.05) is 6.08 Å². The normalized spacial score (nSPS) is 25.3. The second-order valence-electron chi connectivity index (χ2n) is 2.58. The quantitative estimate of drug-likeness (QED) is 0.533. The minimum Gasteiger partial charge on any atom is -0.261 e. The lowest BCUT2D eigenvalue weighted by Gasteiger charge is -2.11. The van der Waals surface area contributed by atoms with E-state index in [-0.39, 0.29) is 5.57 Å². The van der Waals surface area contributed by atoms with Crippen LogP contribution in [0.4, 0.5) is 4.39 Å². The second kappa shape index (κ2) is 2.42. The van der Waals surface area contributed by atoms with Crippen molar-refractivity contribution in [1.29, 1.82) is 5.26 Å². The number of hydrogen-bond donors (Lipinski definition) is 0. The van der Waals surface area contributed by atoms with Crippen LogP contribution >= 0.6 is 0 Å². The van der Waals surface area contributed by atoms with Crippen molar-refractivity contribution >= 4 is 5.71 Å². The molecule has 2 aliphatic rings. The number of rotatable bonds is 0. The molecule has 0 saturated heterocycles. The van der Waals surface area contributed by atoms with E-state index in [1.165, 1.54) is 6.08 Å². The lowest BCUT2D eigenvalue weighted by atomic mass is 9.94. The fourth-order valence-electron chi connectivity index (χ4n) is 1.26. The van der Waals surface area contributed by atoms with Crippen LogP contribution in [0.25, 0.3) is 0 Å². The SMILES string of the molecule is N#CC1=C(F)[C@H]2C=CN=C2C=C1. The molecule has 0 saturated carbocycles. The molecule has 1 atom stereocenters. The van der Waals surface area contributed by atoms with Gasteiger partial charge in [-0.25, -0.2) is 4.39 Å². The van der Waals surface area contributed by atoms with E-state index in [0.29, 0.717) is 5.71 Å². The summed E-state index contributed by atoms with van der Waals surface area (Å²) in [5, 5.41) is 8.52. The van der Waals surface area contributed by atoms with Crippen molar-refractivity contribution in [2.75, 3.05) is 0 Å². The predicted octanol–water partition coefficient (Wildman–Crippen LogP) is 1.89. The third-order valence-corrected chi connectivity index (χ3v) is 1.89. The molecule has 1 heterocycles. The lowest BCUT2D eigenvalue weighted by Crippen LogP contribution is -2.12. The molecule has 1 aliphatic heterocycles. The summed E-state index contributed by atoms with van der Waals surface area (Å²) < 4.78 is 13.3. The molecule has 0 bridgehead atoms. The first-order chi connectivity index (χ1) is 5.83. The molecule has 0 unspecified atom stereocenters. The average molecular weight is 160 g/mol. The number of hydrogen-bond acceptors (Lipinski definition) is 2. The molecule has 2 nitrogen and oxygen atoms in total. The van der Waals surface area contributed by atoms with Crippen LogP contribution in [-0.2, 0) is 0 Å². The molecule has 1 aliphatic carbocycles. The maximum Gasteiger partial charge on any atom is 0.131 e. The zero-order valence-electron chi connectivity index (χ0n) is 6.16. The number of fused-ring (bicyclic) bond motifs is 1. The monoisotopic (exact) mass is 160 g/mol. The van der Waals surface area contributed by atoms with Crippen molar-refractivity contribution in [2.24, 2.45) is 10.9 Å². The molecule has 0 aromatic heterocycles. The van der Waals surface area contributed by atoms with Gasteiger partial charge < -0.3 is 0 Å². The molecule has 0 N–H and O–H groups in total. The van der Waals surface area contributed by atoms with E-state index in [1.807, 2.05) is 0 Å². The van der Waals surface area contributed by atoms with Gasteiger partial charge in [0.05, 0.1) is 17.2 Å². The van der Waals surface area contributed by atoms with E-state index >= 15 is 0 Å². The average Bonchev–Trinajstić information content (AvgIpc) is 2.53. The van der Waals surface area contributed by atoms with E-state index in [2.05, 4.69) is 4.99 Å².